The molecule has 0 unspecified atom stereocenters. The maximum Gasteiger partial charge on any atom is 0.0614 e. The molecule has 0 aromatic heterocycles. The van der Waals surface area contributed by atoms with E-state index in [1.54, 1.807) is 0 Å². The summed E-state index contributed by atoms with van der Waals surface area (Å²) in [5, 5.41) is 8.67. The number of aliphatic hydroxyl groups is 1. The van der Waals surface area contributed by atoms with Crippen LogP contribution in [-0.2, 0) is 0 Å². The molecule has 76 valence electrons. The van der Waals surface area contributed by atoms with Crippen LogP contribution in [0.1, 0.15) is 13.3 Å². The second-order valence-corrected chi connectivity index (χ2v) is 4.31. The zero-order valence-corrected chi connectivity index (χ0v) is 9.26. The van der Waals surface area contributed by atoms with E-state index in [0.29, 0.717) is 0 Å². The van der Waals surface area contributed by atoms with Crippen molar-refractivity contribution in [3.63, 3.8) is 0 Å². The molecule has 0 bridgehead atoms. The topological polar surface area (TPSA) is 20.2 Å². The lowest BCUT2D eigenvalue weighted by atomic mass is 10.2. The molecule has 0 saturated carbocycles. The summed E-state index contributed by atoms with van der Waals surface area (Å²) in [4.78, 5) is 1.31. The monoisotopic (exact) mass is 208 g/mol. The van der Waals surface area contributed by atoms with Gasteiger partial charge in [-0.3, -0.25) is 0 Å². The Kier molecular flexibility index (Phi) is 5.42. The molecule has 2 heteroatoms. The summed E-state index contributed by atoms with van der Waals surface area (Å²) in [6.07, 6.45) is 2.91. The largest absolute Gasteiger partial charge is 0.392 e. The Bertz CT molecular complexity index is 280. The lowest BCUT2D eigenvalue weighted by molar-refractivity contribution is 0.341. The molecule has 0 spiro atoms. The number of thioether (sulfide) groups is 1. The highest BCUT2D eigenvalue weighted by molar-refractivity contribution is 7.99. The van der Waals surface area contributed by atoms with Crippen LogP contribution >= 0.6 is 11.8 Å². The summed E-state index contributed by atoms with van der Waals surface area (Å²) in [6, 6.07) is 10.4. The Morgan fingerprint density at radius 2 is 2.07 bits per heavy atom. The minimum absolute atomic E-state index is 0.155. The normalized spacial score (nSPS) is 11.7. The molecule has 1 N–H and O–H groups in total. The Labute approximate surface area is 89.8 Å². The highest BCUT2D eigenvalue weighted by atomic mass is 32.2. The van der Waals surface area contributed by atoms with Crippen molar-refractivity contribution in [3.8, 4) is 0 Å². The van der Waals surface area contributed by atoms with Gasteiger partial charge in [0.25, 0.3) is 0 Å². The molecule has 0 aliphatic rings. The first-order valence-corrected chi connectivity index (χ1v) is 5.76. The minimum atomic E-state index is 0.155. The quantitative estimate of drug-likeness (QED) is 0.592. The Hall–Kier alpha value is -0.730. The molecule has 1 rings (SSSR count). The average Bonchev–Trinajstić information content (AvgIpc) is 2.20. The van der Waals surface area contributed by atoms with Crippen LogP contribution in [0.5, 0.6) is 0 Å². The van der Waals surface area contributed by atoms with Crippen LogP contribution < -0.4 is 0 Å². The standard InChI is InChI=1S/C12H16OS/c1-11(7-9-13)8-10-14-12-5-3-2-4-6-12/h2-7,13H,8-10H2,1H3/b11-7+. The van der Waals surface area contributed by atoms with Crippen LogP contribution in [0.3, 0.4) is 0 Å². The van der Waals surface area contributed by atoms with Crippen molar-refractivity contribution >= 4 is 11.8 Å². The van der Waals surface area contributed by atoms with Gasteiger partial charge in [-0.05, 0) is 25.5 Å². The van der Waals surface area contributed by atoms with E-state index in [1.165, 1.54) is 10.5 Å². The fraction of sp³-hybridized carbons (Fsp3) is 0.333. The predicted octanol–water partition coefficient (Wildman–Crippen LogP) is 3.11. The number of aliphatic hydroxyl groups excluding tert-OH is 1. The molecule has 1 aromatic carbocycles. The zero-order chi connectivity index (χ0) is 10.2. The molecule has 0 saturated heterocycles. The minimum Gasteiger partial charge on any atom is -0.392 e. The summed E-state index contributed by atoms with van der Waals surface area (Å²) in [6.45, 7) is 2.21. The summed E-state index contributed by atoms with van der Waals surface area (Å²) < 4.78 is 0. The van der Waals surface area contributed by atoms with Gasteiger partial charge >= 0.3 is 0 Å². The van der Waals surface area contributed by atoms with E-state index in [0.717, 1.165) is 12.2 Å². The first kappa shape index (κ1) is 11.3. The Morgan fingerprint density at radius 3 is 2.71 bits per heavy atom. The molecule has 1 aromatic rings. The molecule has 0 aliphatic carbocycles. The van der Waals surface area contributed by atoms with Crippen LogP contribution in [0.4, 0.5) is 0 Å². The van der Waals surface area contributed by atoms with Crippen LogP contribution in [0.15, 0.2) is 46.9 Å². The number of benzene rings is 1. The van der Waals surface area contributed by atoms with Gasteiger partial charge < -0.3 is 5.11 Å². The molecule has 0 aliphatic heterocycles. The van der Waals surface area contributed by atoms with Crippen molar-refractivity contribution in [2.45, 2.75) is 18.2 Å². The van der Waals surface area contributed by atoms with Crippen molar-refractivity contribution in [1.29, 1.82) is 0 Å². The van der Waals surface area contributed by atoms with Gasteiger partial charge in [0.05, 0.1) is 6.61 Å². The van der Waals surface area contributed by atoms with E-state index in [9.17, 15) is 0 Å². The van der Waals surface area contributed by atoms with E-state index >= 15 is 0 Å². The predicted molar refractivity (Wildman–Crippen MR) is 62.6 cm³/mol. The van der Waals surface area contributed by atoms with E-state index in [1.807, 2.05) is 23.9 Å². The molecule has 0 heterocycles. The van der Waals surface area contributed by atoms with Crippen LogP contribution in [0, 0.1) is 0 Å². The van der Waals surface area contributed by atoms with E-state index in [2.05, 4.69) is 31.2 Å². The van der Waals surface area contributed by atoms with Crippen molar-refractivity contribution in [1.82, 2.24) is 0 Å². The summed E-state index contributed by atoms with van der Waals surface area (Å²) in [5.74, 6) is 1.08. The summed E-state index contributed by atoms with van der Waals surface area (Å²) in [5.41, 5.74) is 1.26. The average molecular weight is 208 g/mol. The maximum absolute atomic E-state index is 8.67. The van der Waals surface area contributed by atoms with E-state index < -0.39 is 0 Å². The van der Waals surface area contributed by atoms with Crippen molar-refractivity contribution in [3.05, 3.63) is 42.0 Å². The third-order valence-corrected chi connectivity index (χ3v) is 2.96. The molecule has 0 fully saturated rings. The number of hydrogen-bond acceptors (Lipinski definition) is 2. The number of allylic oxidation sites excluding steroid dienone is 1. The summed E-state index contributed by atoms with van der Waals surface area (Å²) >= 11 is 1.85. The van der Waals surface area contributed by atoms with Gasteiger partial charge in [0, 0.05) is 10.6 Å². The Balaban J connectivity index is 2.25. The third-order valence-electron chi connectivity index (χ3n) is 1.95. The lowest BCUT2D eigenvalue weighted by Crippen LogP contribution is -1.84. The molecule has 0 amide bonds. The van der Waals surface area contributed by atoms with Crippen molar-refractivity contribution < 1.29 is 5.11 Å². The smallest absolute Gasteiger partial charge is 0.0614 e. The van der Waals surface area contributed by atoms with Gasteiger partial charge in [-0.2, -0.15) is 0 Å². The maximum atomic E-state index is 8.67. The fourth-order valence-electron chi connectivity index (χ4n) is 1.10. The van der Waals surface area contributed by atoms with Gasteiger partial charge in [-0.15, -0.1) is 11.8 Å². The first-order valence-electron chi connectivity index (χ1n) is 4.77. The third kappa shape index (κ3) is 4.49. The molecular weight excluding hydrogens is 192 g/mol. The van der Waals surface area contributed by atoms with Crippen molar-refractivity contribution in [2.75, 3.05) is 12.4 Å². The van der Waals surface area contributed by atoms with Gasteiger partial charge in [-0.1, -0.05) is 29.8 Å². The van der Waals surface area contributed by atoms with Gasteiger partial charge in [0.15, 0.2) is 0 Å². The second-order valence-electron chi connectivity index (χ2n) is 3.14. The summed E-state index contributed by atoms with van der Waals surface area (Å²) in [7, 11) is 0. The second kappa shape index (κ2) is 6.68. The molecule has 0 atom stereocenters. The van der Waals surface area contributed by atoms with Crippen molar-refractivity contribution in [2.24, 2.45) is 0 Å². The van der Waals surface area contributed by atoms with Crippen LogP contribution in [0.25, 0.3) is 0 Å². The first-order chi connectivity index (χ1) is 6.83. The molecule has 0 radical (unpaired) electrons. The van der Waals surface area contributed by atoms with Gasteiger partial charge in [0.1, 0.15) is 0 Å². The van der Waals surface area contributed by atoms with Crippen LogP contribution in [0.2, 0.25) is 0 Å². The molecule has 14 heavy (non-hydrogen) atoms. The SMILES string of the molecule is C/C(=C\CO)CCSc1ccccc1. The lowest BCUT2D eigenvalue weighted by Gasteiger charge is -2.01. The number of hydrogen-bond donors (Lipinski definition) is 1. The zero-order valence-electron chi connectivity index (χ0n) is 8.44. The molecule has 1 nitrogen and oxygen atoms in total. The van der Waals surface area contributed by atoms with E-state index in [-0.39, 0.29) is 6.61 Å². The fourth-order valence-corrected chi connectivity index (χ4v) is 2.11. The number of rotatable bonds is 5. The highest BCUT2D eigenvalue weighted by Gasteiger charge is 1.93. The Morgan fingerprint density at radius 1 is 1.36 bits per heavy atom. The molecular formula is C12H16OS. The highest BCUT2D eigenvalue weighted by Crippen LogP contribution is 2.19. The van der Waals surface area contributed by atoms with Gasteiger partial charge in [0.2, 0.25) is 0 Å². The van der Waals surface area contributed by atoms with Gasteiger partial charge in [-0.25, -0.2) is 0 Å². The van der Waals surface area contributed by atoms with Crippen LogP contribution in [-0.4, -0.2) is 17.5 Å². The van der Waals surface area contributed by atoms with E-state index in [4.69, 9.17) is 5.11 Å².